The van der Waals surface area contributed by atoms with E-state index in [0.29, 0.717) is 5.92 Å². The van der Waals surface area contributed by atoms with Crippen LogP contribution in [0.3, 0.4) is 0 Å². The predicted octanol–water partition coefficient (Wildman–Crippen LogP) is 1.95. The van der Waals surface area contributed by atoms with Crippen LogP contribution < -0.4 is 5.73 Å². The van der Waals surface area contributed by atoms with Gasteiger partial charge >= 0.3 is 0 Å². The smallest absolute Gasteiger partial charge is 0.128 e. The van der Waals surface area contributed by atoms with Gasteiger partial charge in [0.1, 0.15) is 5.82 Å². The van der Waals surface area contributed by atoms with Crippen molar-refractivity contribution in [3.63, 3.8) is 0 Å². The molecule has 1 aromatic rings. The third-order valence-electron chi connectivity index (χ3n) is 2.37. The lowest BCUT2D eigenvalue weighted by Crippen LogP contribution is -2.21. The first kappa shape index (κ1) is 12.1. The molecular formula is C12H21N3. The highest BCUT2D eigenvalue weighted by Gasteiger charge is 2.04. The van der Waals surface area contributed by atoms with Crippen molar-refractivity contribution >= 4 is 0 Å². The monoisotopic (exact) mass is 207 g/mol. The van der Waals surface area contributed by atoms with Crippen LogP contribution in [-0.2, 0) is 12.8 Å². The molecule has 0 aromatic carbocycles. The van der Waals surface area contributed by atoms with Crippen LogP contribution in [0.2, 0.25) is 0 Å². The fraction of sp³-hybridized carbons (Fsp3) is 0.667. The molecule has 0 saturated heterocycles. The Bertz CT molecular complexity index is 279. The molecule has 0 fully saturated rings. The van der Waals surface area contributed by atoms with Gasteiger partial charge in [-0.2, -0.15) is 0 Å². The molecule has 3 nitrogen and oxygen atoms in total. The Morgan fingerprint density at radius 2 is 1.80 bits per heavy atom. The fourth-order valence-electron chi connectivity index (χ4n) is 1.40. The summed E-state index contributed by atoms with van der Waals surface area (Å²) < 4.78 is 0. The SMILES string of the molecule is CCC(N)Cc1cnc(CC(C)C)nc1. The number of hydrogen-bond donors (Lipinski definition) is 1. The third-order valence-corrected chi connectivity index (χ3v) is 2.37. The lowest BCUT2D eigenvalue weighted by atomic mass is 10.1. The molecule has 0 aliphatic carbocycles. The van der Waals surface area contributed by atoms with Crippen LogP contribution >= 0.6 is 0 Å². The lowest BCUT2D eigenvalue weighted by molar-refractivity contribution is 0.613. The second-order valence-electron chi connectivity index (χ2n) is 4.48. The van der Waals surface area contributed by atoms with E-state index in [1.54, 1.807) is 0 Å². The Morgan fingerprint density at radius 1 is 1.20 bits per heavy atom. The Hall–Kier alpha value is -0.960. The maximum atomic E-state index is 5.87. The summed E-state index contributed by atoms with van der Waals surface area (Å²) in [6.45, 7) is 6.44. The summed E-state index contributed by atoms with van der Waals surface area (Å²) in [7, 11) is 0. The molecular weight excluding hydrogens is 186 g/mol. The number of nitrogens with zero attached hydrogens (tertiary/aromatic N) is 2. The molecule has 1 rings (SSSR count). The highest BCUT2D eigenvalue weighted by atomic mass is 14.9. The number of rotatable bonds is 5. The minimum Gasteiger partial charge on any atom is -0.327 e. The summed E-state index contributed by atoms with van der Waals surface area (Å²) in [5.74, 6) is 1.53. The van der Waals surface area contributed by atoms with Crippen molar-refractivity contribution in [2.24, 2.45) is 11.7 Å². The fourth-order valence-corrected chi connectivity index (χ4v) is 1.40. The van der Waals surface area contributed by atoms with Crippen LogP contribution in [0.1, 0.15) is 38.6 Å². The molecule has 0 aliphatic rings. The summed E-state index contributed by atoms with van der Waals surface area (Å²) in [4.78, 5) is 8.68. The van der Waals surface area contributed by atoms with Crippen molar-refractivity contribution in [1.29, 1.82) is 0 Å². The van der Waals surface area contributed by atoms with Gasteiger partial charge in [-0.05, 0) is 24.3 Å². The van der Waals surface area contributed by atoms with Crippen LogP contribution in [0.4, 0.5) is 0 Å². The van der Waals surface area contributed by atoms with Crippen molar-refractivity contribution in [3.8, 4) is 0 Å². The standard InChI is InChI=1S/C12H21N3/c1-4-11(13)6-10-7-14-12(15-8-10)5-9(2)3/h7-9,11H,4-6,13H2,1-3H3. The summed E-state index contributed by atoms with van der Waals surface area (Å²) in [5, 5.41) is 0. The van der Waals surface area contributed by atoms with E-state index in [2.05, 4.69) is 30.7 Å². The van der Waals surface area contributed by atoms with Gasteiger partial charge in [-0.1, -0.05) is 20.8 Å². The molecule has 1 unspecified atom stereocenters. The molecule has 2 N–H and O–H groups in total. The summed E-state index contributed by atoms with van der Waals surface area (Å²) in [6, 6.07) is 0.226. The van der Waals surface area contributed by atoms with Gasteiger partial charge in [0.2, 0.25) is 0 Å². The molecule has 0 amide bonds. The number of hydrogen-bond acceptors (Lipinski definition) is 3. The molecule has 84 valence electrons. The third kappa shape index (κ3) is 4.38. The van der Waals surface area contributed by atoms with Crippen LogP contribution in [0.15, 0.2) is 12.4 Å². The van der Waals surface area contributed by atoms with Gasteiger partial charge in [0, 0.05) is 24.9 Å². The zero-order valence-corrected chi connectivity index (χ0v) is 9.90. The van der Waals surface area contributed by atoms with Crippen molar-refractivity contribution < 1.29 is 0 Å². The van der Waals surface area contributed by atoms with Crippen molar-refractivity contribution in [2.45, 2.75) is 46.1 Å². The van der Waals surface area contributed by atoms with E-state index in [-0.39, 0.29) is 6.04 Å². The molecule has 0 bridgehead atoms. The Labute approximate surface area is 92.1 Å². The second kappa shape index (κ2) is 5.81. The van der Waals surface area contributed by atoms with Crippen LogP contribution in [0.5, 0.6) is 0 Å². The van der Waals surface area contributed by atoms with E-state index in [0.717, 1.165) is 30.7 Å². The zero-order chi connectivity index (χ0) is 11.3. The molecule has 0 saturated carbocycles. The average molecular weight is 207 g/mol. The lowest BCUT2D eigenvalue weighted by Gasteiger charge is -2.08. The van der Waals surface area contributed by atoms with E-state index in [4.69, 9.17) is 5.73 Å². The van der Waals surface area contributed by atoms with E-state index in [9.17, 15) is 0 Å². The Balaban J connectivity index is 2.56. The minimum atomic E-state index is 0.226. The van der Waals surface area contributed by atoms with E-state index < -0.39 is 0 Å². The summed E-state index contributed by atoms with van der Waals surface area (Å²) in [6.07, 6.45) is 6.62. The normalized spacial score (nSPS) is 13.1. The molecule has 0 spiro atoms. The van der Waals surface area contributed by atoms with E-state index in [1.165, 1.54) is 0 Å². The highest BCUT2D eigenvalue weighted by Crippen LogP contribution is 2.05. The summed E-state index contributed by atoms with van der Waals surface area (Å²) in [5.41, 5.74) is 7.00. The largest absolute Gasteiger partial charge is 0.327 e. The van der Waals surface area contributed by atoms with Gasteiger partial charge in [0.05, 0.1) is 0 Å². The van der Waals surface area contributed by atoms with Crippen LogP contribution in [0, 0.1) is 5.92 Å². The van der Waals surface area contributed by atoms with Gasteiger partial charge in [0.15, 0.2) is 0 Å². The predicted molar refractivity (Wildman–Crippen MR) is 62.5 cm³/mol. The van der Waals surface area contributed by atoms with Gasteiger partial charge in [-0.3, -0.25) is 0 Å². The molecule has 15 heavy (non-hydrogen) atoms. The first-order valence-corrected chi connectivity index (χ1v) is 5.67. The number of nitrogens with two attached hydrogens (primary N) is 1. The van der Waals surface area contributed by atoms with Crippen LogP contribution in [-0.4, -0.2) is 16.0 Å². The molecule has 3 heteroatoms. The molecule has 1 atom stereocenters. The minimum absolute atomic E-state index is 0.226. The second-order valence-corrected chi connectivity index (χ2v) is 4.48. The topological polar surface area (TPSA) is 51.8 Å². The van der Waals surface area contributed by atoms with Crippen molar-refractivity contribution in [2.75, 3.05) is 0 Å². The van der Waals surface area contributed by atoms with Crippen LogP contribution in [0.25, 0.3) is 0 Å². The van der Waals surface area contributed by atoms with Gasteiger partial charge in [0.25, 0.3) is 0 Å². The Morgan fingerprint density at radius 3 is 2.27 bits per heavy atom. The van der Waals surface area contributed by atoms with Gasteiger partial charge in [-0.15, -0.1) is 0 Å². The highest BCUT2D eigenvalue weighted by molar-refractivity contribution is 5.07. The van der Waals surface area contributed by atoms with E-state index in [1.807, 2.05) is 12.4 Å². The first-order valence-electron chi connectivity index (χ1n) is 5.67. The maximum absolute atomic E-state index is 5.87. The van der Waals surface area contributed by atoms with Gasteiger partial charge in [-0.25, -0.2) is 9.97 Å². The number of aromatic nitrogens is 2. The zero-order valence-electron chi connectivity index (χ0n) is 9.90. The molecule has 1 heterocycles. The van der Waals surface area contributed by atoms with Gasteiger partial charge < -0.3 is 5.73 Å². The molecule has 0 radical (unpaired) electrons. The Kier molecular flexibility index (Phi) is 4.69. The van der Waals surface area contributed by atoms with E-state index >= 15 is 0 Å². The molecule has 0 aliphatic heterocycles. The maximum Gasteiger partial charge on any atom is 0.128 e. The quantitative estimate of drug-likeness (QED) is 0.803. The summed E-state index contributed by atoms with van der Waals surface area (Å²) >= 11 is 0. The first-order chi connectivity index (χ1) is 7.11. The molecule has 1 aromatic heterocycles. The van der Waals surface area contributed by atoms with Crippen molar-refractivity contribution in [1.82, 2.24) is 9.97 Å². The van der Waals surface area contributed by atoms with Crippen molar-refractivity contribution in [3.05, 3.63) is 23.8 Å². The average Bonchev–Trinajstić information content (AvgIpc) is 2.20.